The van der Waals surface area contributed by atoms with E-state index in [4.69, 9.17) is 4.74 Å². The molecule has 3 heterocycles. The fourth-order valence-corrected chi connectivity index (χ4v) is 5.21. The molecular formula is C30H33N5O4. The first-order valence-electron chi connectivity index (χ1n) is 13.3. The lowest BCUT2D eigenvalue weighted by molar-refractivity contribution is -0.126. The number of rotatable bonds is 3. The molecule has 0 spiro atoms. The van der Waals surface area contributed by atoms with Crippen molar-refractivity contribution in [3.63, 3.8) is 0 Å². The van der Waals surface area contributed by atoms with Gasteiger partial charge in [-0.15, -0.1) is 0 Å². The number of hydrogen-bond donors (Lipinski definition) is 1. The number of nitrogens with one attached hydrogen (secondary N) is 1. The predicted molar refractivity (Wildman–Crippen MR) is 147 cm³/mol. The lowest BCUT2D eigenvalue weighted by atomic mass is 9.88. The van der Waals surface area contributed by atoms with Gasteiger partial charge in [0, 0.05) is 51.4 Å². The second-order valence-corrected chi connectivity index (χ2v) is 9.90. The lowest BCUT2D eigenvalue weighted by Gasteiger charge is -2.24. The fourth-order valence-electron chi connectivity index (χ4n) is 5.21. The van der Waals surface area contributed by atoms with E-state index in [1.807, 2.05) is 54.6 Å². The standard InChI is InChI=1S/C30H33N5O4/c1-33-27(13-15-32-33)30(38)35-20-25-23-9-5-10-24(19-23)39-18-17-34(16-6-14-31-29(37)26(25)21-35)28(36)12-11-22-7-3-2-4-8-22/h2-5,7-13,15,19,25-26H,6,14,16-18,20-21H2,1H3,(H,31,37)/t25-,26+/m1/s1. The molecule has 3 amide bonds. The molecule has 9 heteroatoms. The Labute approximate surface area is 228 Å². The van der Waals surface area contributed by atoms with Crippen LogP contribution in [0.2, 0.25) is 0 Å². The van der Waals surface area contributed by atoms with E-state index in [0.29, 0.717) is 57.2 Å². The van der Waals surface area contributed by atoms with E-state index < -0.39 is 5.92 Å². The molecule has 2 aliphatic heterocycles. The highest BCUT2D eigenvalue weighted by atomic mass is 16.5. The molecule has 2 bridgehead atoms. The third-order valence-electron chi connectivity index (χ3n) is 7.33. The van der Waals surface area contributed by atoms with E-state index in [0.717, 1.165) is 11.1 Å². The summed E-state index contributed by atoms with van der Waals surface area (Å²) in [5.74, 6) is -0.215. The average molecular weight is 528 g/mol. The smallest absolute Gasteiger partial charge is 0.272 e. The van der Waals surface area contributed by atoms with Crippen molar-refractivity contribution >= 4 is 23.8 Å². The maximum atomic E-state index is 13.4. The molecule has 5 rings (SSSR count). The monoisotopic (exact) mass is 527 g/mol. The minimum Gasteiger partial charge on any atom is -0.492 e. The molecular weight excluding hydrogens is 494 g/mol. The first-order chi connectivity index (χ1) is 19.0. The Morgan fingerprint density at radius 3 is 2.62 bits per heavy atom. The summed E-state index contributed by atoms with van der Waals surface area (Å²) in [7, 11) is 1.73. The van der Waals surface area contributed by atoms with Crippen molar-refractivity contribution in [3.8, 4) is 5.75 Å². The molecule has 0 aliphatic carbocycles. The number of nitrogens with zero attached hydrogens (tertiary/aromatic N) is 4. The van der Waals surface area contributed by atoms with Crippen LogP contribution in [0.15, 0.2) is 72.9 Å². The second-order valence-electron chi connectivity index (χ2n) is 9.90. The second kappa shape index (κ2) is 12.0. The zero-order valence-electron chi connectivity index (χ0n) is 22.0. The van der Waals surface area contributed by atoms with E-state index in [9.17, 15) is 14.4 Å². The van der Waals surface area contributed by atoms with Crippen molar-refractivity contribution in [2.24, 2.45) is 13.0 Å². The quantitative estimate of drug-likeness (QED) is 0.529. The van der Waals surface area contributed by atoms with Gasteiger partial charge in [-0.25, -0.2) is 0 Å². The summed E-state index contributed by atoms with van der Waals surface area (Å²) >= 11 is 0. The SMILES string of the molecule is Cn1nccc1C(=O)N1C[C@@H]2C(=O)NCCCN(C(=O)C=Cc3ccccc3)CCOc3cccc(c3)[C@H]2C1. The van der Waals surface area contributed by atoms with Gasteiger partial charge in [0.15, 0.2) is 0 Å². The van der Waals surface area contributed by atoms with E-state index in [1.54, 1.807) is 45.9 Å². The van der Waals surface area contributed by atoms with Gasteiger partial charge in [0.1, 0.15) is 18.1 Å². The van der Waals surface area contributed by atoms with Crippen LogP contribution in [0.5, 0.6) is 5.75 Å². The van der Waals surface area contributed by atoms with Crippen molar-refractivity contribution < 1.29 is 19.1 Å². The number of carbonyl (C=O) groups is 3. The number of amides is 3. The highest BCUT2D eigenvalue weighted by Crippen LogP contribution is 2.35. The molecule has 0 radical (unpaired) electrons. The maximum absolute atomic E-state index is 13.4. The summed E-state index contributed by atoms with van der Waals surface area (Å²) in [6.07, 6.45) is 5.59. The Bertz CT molecular complexity index is 1350. The van der Waals surface area contributed by atoms with Crippen LogP contribution in [0.3, 0.4) is 0 Å². The minimum atomic E-state index is -0.396. The number of benzene rings is 2. The Hall–Kier alpha value is -4.40. The van der Waals surface area contributed by atoms with Gasteiger partial charge in [-0.2, -0.15) is 5.10 Å². The van der Waals surface area contributed by atoms with Crippen molar-refractivity contribution in [3.05, 3.63) is 89.8 Å². The lowest BCUT2D eigenvalue weighted by Crippen LogP contribution is -2.39. The largest absolute Gasteiger partial charge is 0.492 e. The van der Waals surface area contributed by atoms with Gasteiger partial charge in [-0.05, 0) is 41.8 Å². The molecule has 202 valence electrons. The van der Waals surface area contributed by atoms with Gasteiger partial charge in [-0.3, -0.25) is 19.1 Å². The molecule has 9 nitrogen and oxygen atoms in total. The first kappa shape index (κ1) is 26.2. The maximum Gasteiger partial charge on any atom is 0.272 e. The Balaban J connectivity index is 1.32. The Kier molecular flexibility index (Phi) is 8.05. The molecule has 0 saturated carbocycles. The van der Waals surface area contributed by atoms with Gasteiger partial charge in [0.25, 0.3) is 5.91 Å². The molecule has 1 fully saturated rings. The van der Waals surface area contributed by atoms with Crippen LogP contribution < -0.4 is 10.1 Å². The van der Waals surface area contributed by atoms with Gasteiger partial charge >= 0.3 is 0 Å². The predicted octanol–water partition coefficient (Wildman–Crippen LogP) is 2.72. The van der Waals surface area contributed by atoms with E-state index in [-0.39, 0.29) is 23.6 Å². The summed E-state index contributed by atoms with van der Waals surface area (Å²) in [5, 5.41) is 7.17. The fraction of sp³-hybridized carbons (Fsp3) is 0.333. The number of fused-ring (bicyclic) bond motifs is 4. The number of likely N-dealkylation sites (tertiary alicyclic amines) is 1. The van der Waals surface area contributed by atoms with Crippen molar-refractivity contribution in [1.82, 2.24) is 24.9 Å². The summed E-state index contributed by atoms with van der Waals surface area (Å²) in [4.78, 5) is 43.0. The van der Waals surface area contributed by atoms with Crippen molar-refractivity contribution in [2.75, 3.05) is 39.3 Å². The Morgan fingerprint density at radius 1 is 1.00 bits per heavy atom. The normalized spacial score (nSPS) is 20.2. The molecule has 3 aromatic rings. The van der Waals surface area contributed by atoms with Gasteiger partial charge < -0.3 is 19.9 Å². The van der Waals surface area contributed by atoms with Crippen LogP contribution in [0, 0.1) is 5.92 Å². The molecule has 1 N–H and O–H groups in total. The first-order valence-corrected chi connectivity index (χ1v) is 13.3. The summed E-state index contributed by atoms with van der Waals surface area (Å²) in [5.41, 5.74) is 2.39. The van der Waals surface area contributed by atoms with Gasteiger partial charge in [0.2, 0.25) is 11.8 Å². The molecule has 0 unspecified atom stereocenters. The molecule has 1 aromatic heterocycles. The highest BCUT2D eigenvalue weighted by molar-refractivity contribution is 5.94. The third kappa shape index (κ3) is 6.19. The summed E-state index contributed by atoms with van der Waals surface area (Å²) < 4.78 is 7.60. The number of carbonyl (C=O) groups excluding carboxylic acids is 3. The molecule has 2 atom stereocenters. The number of aryl methyl sites for hydroxylation is 1. The van der Waals surface area contributed by atoms with E-state index in [1.165, 1.54) is 0 Å². The molecule has 2 aliphatic rings. The number of aromatic nitrogens is 2. The topological polar surface area (TPSA) is 96.8 Å². The summed E-state index contributed by atoms with van der Waals surface area (Å²) in [6, 6.07) is 19.1. The van der Waals surface area contributed by atoms with Crippen LogP contribution >= 0.6 is 0 Å². The zero-order valence-corrected chi connectivity index (χ0v) is 22.0. The number of ether oxygens (including phenoxy) is 1. The van der Waals surface area contributed by atoms with Crippen LogP contribution in [0.4, 0.5) is 0 Å². The van der Waals surface area contributed by atoms with Crippen LogP contribution in [-0.4, -0.2) is 76.6 Å². The summed E-state index contributed by atoms with van der Waals surface area (Å²) in [6.45, 7) is 2.45. The molecule has 2 aromatic carbocycles. The van der Waals surface area contributed by atoms with Crippen molar-refractivity contribution in [2.45, 2.75) is 12.3 Å². The highest BCUT2D eigenvalue weighted by Gasteiger charge is 2.41. The van der Waals surface area contributed by atoms with E-state index >= 15 is 0 Å². The third-order valence-corrected chi connectivity index (χ3v) is 7.33. The Morgan fingerprint density at radius 2 is 1.82 bits per heavy atom. The average Bonchev–Trinajstić information content (AvgIpc) is 3.60. The van der Waals surface area contributed by atoms with Crippen LogP contribution in [-0.2, 0) is 16.6 Å². The van der Waals surface area contributed by atoms with Gasteiger partial charge in [-0.1, -0.05) is 42.5 Å². The van der Waals surface area contributed by atoms with E-state index in [2.05, 4.69) is 10.4 Å². The van der Waals surface area contributed by atoms with Crippen molar-refractivity contribution in [1.29, 1.82) is 0 Å². The molecule has 39 heavy (non-hydrogen) atoms. The number of hydrogen-bond acceptors (Lipinski definition) is 5. The minimum absolute atomic E-state index is 0.0921. The van der Waals surface area contributed by atoms with Gasteiger partial charge in [0.05, 0.1) is 12.5 Å². The van der Waals surface area contributed by atoms with Crippen LogP contribution in [0.25, 0.3) is 6.08 Å². The van der Waals surface area contributed by atoms with Crippen LogP contribution in [0.1, 0.15) is 34.0 Å². The molecule has 1 saturated heterocycles. The zero-order chi connectivity index (χ0) is 27.2.